The van der Waals surface area contributed by atoms with Crippen LogP contribution in [0.5, 0.6) is 0 Å². The maximum absolute atomic E-state index is 12.9. The smallest absolute Gasteiger partial charge is 0.244 e. The molecule has 1 unspecified atom stereocenters. The van der Waals surface area contributed by atoms with E-state index in [9.17, 15) is 13.2 Å². The molecule has 1 atom stereocenters. The summed E-state index contributed by atoms with van der Waals surface area (Å²) >= 11 is 0. The van der Waals surface area contributed by atoms with Gasteiger partial charge in [0.15, 0.2) is 0 Å². The molecule has 3 rings (SSSR count). The molecule has 0 bridgehead atoms. The molecule has 1 aromatic rings. The van der Waals surface area contributed by atoms with Crippen molar-refractivity contribution in [1.82, 2.24) is 9.21 Å². The molecule has 1 amide bonds. The summed E-state index contributed by atoms with van der Waals surface area (Å²) in [4.78, 5) is 13.8. The van der Waals surface area contributed by atoms with Crippen molar-refractivity contribution >= 4 is 15.9 Å². The molecule has 1 spiro atoms. The summed E-state index contributed by atoms with van der Waals surface area (Å²) < 4.78 is 32.4. The van der Waals surface area contributed by atoms with Gasteiger partial charge in [-0.2, -0.15) is 4.31 Å². The van der Waals surface area contributed by atoms with Gasteiger partial charge in [-0.3, -0.25) is 4.79 Å². The minimum atomic E-state index is -3.54. The van der Waals surface area contributed by atoms with Crippen LogP contribution in [0.15, 0.2) is 29.2 Å². The maximum Gasteiger partial charge on any atom is 0.244 e. The molecule has 0 radical (unpaired) electrons. The van der Waals surface area contributed by atoms with E-state index >= 15 is 0 Å². The molecule has 1 aromatic carbocycles. The standard InChI is InChI=1S/C15H20N2O4S/c1-12(18)16-8-7-15(11-16)13-5-3-4-6-14(13)22(19,20)17(15)9-10-21-2/h3-6H,7-11H2,1-2H3. The Labute approximate surface area is 130 Å². The molecule has 2 aliphatic heterocycles. The van der Waals surface area contributed by atoms with Crippen LogP contribution in [-0.2, 0) is 25.1 Å². The lowest BCUT2D eigenvalue weighted by Crippen LogP contribution is -2.47. The zero-order valence-electron chi connectivity index (χ0n) is 12.8. The van der Waals surface area contributed by atoms with E-state index in [1.807, 2.05) is 12.1 Å². The van der Waals surface area contributed by atoms with E-state index in [0.717, 1.165) is 5.56 Å². The summed E-state index contributed by atoms with van der Waals surface area (Å²) in [6, 6.07) is 7.10. The van der Waals surface area contributed by atoms with Gasteiger partial charge < -0.3 is 9.64 Å². The fraction of sp³-hybridized carbons (Fsp3) is 0.533. The van der Waals surface area contributed by atoms with Crippen LogP contribution in [0.2, 0.25) is 0 Å². The third kappa shape index (κ3) is 2.07. The summed E-state index contributed by atoms with van der Waals surface area (Å²) in [6.45, 7) is 3.12. The van der Waals surface area contributed by atoms with Crippen LogP contribution in [0.25, 0.3) is 0 Å². The number of methoxy groups -OCH3 is 1. The second kappa shape index (κ2) is 5.33. The molecule has 2 heterocycles. The number of carbonyl (C=O) groups excluding carboxylic acids is 1. The Morgan fingerprint density at radius 3 is 2.73 bits per heavy atom. The third-order valence-electron chi connectivity index (χ3n) is 4.63. The Morgan fingerprint density at radius 2 is 2.09 bits per heavy atom. The summed E-state index contributed by atoms with van der Waals surface area (Å²) in [5.74, 6) is -0.0228. The third-order valence-corrected chi connectivity index (χ3v) is 6.65. The lowest BCUT2D eigenvalue weighted by Gasteiger charge is -2.33. The van der Waals surface area contributed by atoms with Crippen LogP contribution in [-0.4, -0.2) is 56.9 Å². The zero-order chi connectivity index (χ0) is 16.0. The van der Waals surface area contributed by atoms with E-state index in [0.29, 0.717) is 37.6 Å². The first-order valence-corrected chi connectivity index (χ1v) is 8.74. The fourth-order valence-corrected chi connectivity index (χ4v) is 5.60. The minimum Gasteiger partial charge on any atom is -0.383 e. The van der Waals surface area contributed by atoms with Gasteiger partial charge in [0, 0.05) is 33.7 Å². The SMILES string of the molecule is COCCN1C2(CCN(C(C)=O)C2)c2ccccc2S1(=O)=O. The van der Waals surface area contributed by atoms with Crippen molar-refractivity contribution in [2.24, 2.45) is 0 Å². The topological polar surface area (TPSA) is 66.9 Å². The zero-order valence-corrected chi connectivity index (χ0v) is 13.6. The number of rotatable bonds is 3. The molecule has 0 aromatic heterocycles. The lowest BCUT2D eigenvalue weighted by atomic mass is 9.89. The summed E-state index contributed by atoms with van der Waals surface area (Å²) in [5, 5.41) is 0. The lowest BCUT2D eigenvalue weighted by molar-refractivity contribution is -0.128. The summed E-state index contributed by atoms with van der Waals surface area (Å²) in [7, 11) is -1.99. The van der Waals surface area contributed by atoms with Gasteiger partial charge in [0.1, 0.15) is 0 Å². The molecule has 0 aliphatic carbocycles. The molecule has 6 nitrogen and oxygen atoms in total. The highest BCUT2D eigenvalue weighted by atomic mass is 32.2. The first kappa shape index (κ1) is 15.5. The van der Waals surface area contributed by atoms with E-state index < -0.39 is 15.6 Å². The number of amides is 1. The highest BCUT2D eigenvalue weighted by molar-refractivity contribution is 7.89. The number of fused-ring (bicyclic) bond motifs is 2. The van der Waals surface area contributed by atoms with Crippen LogP contribution in [0.3, 0.4) is 0 Å². The van der Waals surface area contributed by atoms with Crippen LogP contribution in [0, 0.1) is 0 Å². The number of ether oxygens (including phenoxy) is 1. The molecule has 0 saturated carbocycles. The van der Waals surface area contributed by atoms with Crippen molar-refractivity contribution in [2.75, 3.05) is 33.4 Å². The summed E-state index contributed by atoms with van der Waals surface area (Å²) in [6.07, 6.45) is 0.618. The van der Waals surface area contributed by atoms with Gasteiger partial charge in [0.2, 0.25) is 15.9 Å². The van der Waals surface area contributed by atoms with Gasteiger partial charge in [0.25, 0.3) is 0 Å². The number of sulfonamides is 1. The molecule has 2 aliphatic rings. The largest absolute Gasteiger partial charge is 0.383 e. The van der Waals surface area contributed by atoms with Crippen molar-refractivity contribution in [3.63, 3.8) is 0 Å². The molecule has 1 fully saturated rings. The van der Waals surface area contributed by atoms with E-state index in [4.69, 9.17) is 4.74 Å². The quantitative estimate of drug-likeness (QED) is 0.824. The van der Waals surface area contributed by atoms with Gasteiger partial charge in [-0.1, -0.05) is 18.2 Å². The van der Waals surface area contributed by atoms with Gasteiger partial charge in [-0.15, -0.1) is 0 Å². The average Bonchev–Trinajstić information content (AvgIpc) is 3.00. The van der Waals surface area contributed by atoms with Crippen molar-refractivity contribution < 1.29 is 17.9 Å². The van der Waals surface area contributed by atoms with E-state index in [2.05, 4.69) is 0 Å². The second-order valence-electron chi connectivity index (χ2n) is 5.79. The van der Waals surface area contributed by atoms with E-state index in [1.54, 1.807) is 24.1 Å². The van der Waals surface area contributed by atoms with Gasteiger partial charge in [-0.25, -0.2) is 8.42 Å². The number of likely N-dealkylation sites (tertiary alicyclic amines) is 1. The van der Waals surface area contributed by atoms with Crippen molar-refractivity contribution in [3.05, 3.63) is 29.8 Å². The van der Waals surface area contributed by atoms with Crippen LogP contribution in [0.1, 0.15) is 18.9 Å². The maximum atomic E-state index is 12.9. The molecule has 7 heteroatoms. The molecule has 120 valence electrons. The Hall–Kier alpha value is -1.44. The average molecular weight is 324 g/mol. The predicted molar refractivity (Wildman–Crippen MR) is 80.8 cm³/mol. The van der Waals surface area contributed by atoms with Crippen LogP contribution >= 0.6 is 0 Å². The molecular weight excluding hydrogens is 304 g/mol. The van der Waals surface area contributed by atoms with Crippen molar-refractivity contribution in [3.8, 4) is 0 Å². The first-order chi connectivity index (χ1) is 10.4. The molecular formula is C15H20N2O4S. The minimum absolute atomic E-state index is 0.0228. The molecule has 0 N–H and O–H groups in total. The fourth-order valence-electron chi connectivity index (χ4n) is 3.55. The van der Waals surface area contributed by atoms with Crippen molar-refractivity contribution in [2.45, 2.75) is 23.8 Å². The Kier molecular flexibility index (Phi) is 3.74. The van der Waals surface area contributed by atoms with Crippen LogP contribution in [0.4, 0.5) is 0 Å². The second-order valence-corrected chi connectivity index (χ2v) is 7.62. The Balaban J connectivity index is 2.11. The monoisotopic (exact) mass is 324 g/mol. The predicted octanol–water partition coefficient (Wildman–Crippen LogP) is 0.785. The number of benzene rings is 1. The Morgan fingerprint density at radius 1 is 1.36 bits per heavy atom. The molecule has 1 saturated heterocycles. The number of nitrogens with zero attached hydrogens (tertiary/aromatic N) is 2. The van der Waals surface area contributed by atoms with Gasteiger partial charge in [-0.05, 0) is 18.1 Å². The number of carbonyl (C=O) groups is 1. The van der Waals surface area contributed by atoms with Crippen molar-refractivity contribution in [1.29, 1.82) is 0 Å². The van der Waals surface area contributed by atoms with Gasteiger partial charge >= 0.3 is 0 Å². The number of hydrogen-bond donors (Lipinski definition) is 0. The van der Waals surface area contributed by atoms with E-state index in [1.165, 1.54) is 11.2 Å². The van der Waals surface area contributed by atoms with Crippen LogP contribution < -0.4 is 0 Å². The van der Waals surface area contributed by atoms with Gasteiger partial charge in [0.05, 0.1) is 17.0 Å². The molecule has 22 heavy (non-hydrogen) atoms. The van der Waals surface area contributed by atoms with E-state index in [-0.39, 0.29) is 5.91 Å². The highest BCUT2D eigenvalue weighted by Crippen LogP contribution is 2.49. The summed E-state index contributed by atoms with van der Waals surface area (Å²) in [5.41, 5.74) is 0.148. The highest BCUT2D eigenvalue weighted by Gasteiger charge is 2.56. The Bertz CT molecular complexity index is 703. The normalized spacial score (nSPS) is 26.5. The number of hydrogen-bond acceptors (Lipinski definition) is 4. The first-order valence-electron chi connectivity index (χ1n) is 7.30.